The molecule has 1 aliphatic heterocycles. The molecule has 3 aromatic rings. The summed E-state index contributed by atoms with van der Waals surface area (Å²) in [6.45, 7) is 1.61. The van der Waals surface area contributed by atoms with E-state index in [0.717, 1.165) is 42.2 Å². The molecule has 1 saturated heterocycles. The largest absolute Gasteiger partial charge is 0.484 e. The third-order valence-electron chi connectivity index (χ3n) is 5.07. The summed E-state index contributed by atoms with van der Waals surface area (Å²) in [5, 5.41) is 1.94. The quantitative estimate of drug-likeness (QED) is 0.731. The topological polar surface area (TPSA) is 45.3 Å². The second-order valence-corrected chi connectivity index (χ2v) is 7.13. The van der Waals surface area contributed by atoms with Gasteiger partial charge in [-0.15, -0.1) is 0 Å². The van der Waals surface area contributed by atoms with Gasteiger partial charge in [-0.1, -0.05) is 29.8 Å². The summed E-state index contributed by atoms with van der Waals surface area (Å²) in [5.74, 6) is 1.22. The van der Waals surface area contributed by atoms with Crippen LogP contribution in [0.1, 0.15) is 24.3 Å². The number of hydrogen-bond donors (Lipinski definition) is 1. The van der Waals surface area contributed by atoms with Crippen LogP contribution in [0.2, 0.25) is 5.02 Å². The van der Waals surface area contributed by atoms with Crippen molar-refractivity contribution in [2.24, 2.45) is 0 Å². The van der Waals surface area contributed by atoms with Crippen LogP contribution in [0.25, 0.3) is 10.9 Å². The lowest BCUT2D eigenvalue weighted by atomic mass is 9.89. The van der Waals surface area contributed by atoms with Gasteiger partial charge in [0.15, 0.2) is 6.61 Å². The van der Waals surface area contributed by atoms with Crippen molar-refractivity contribution in [3.8, 4) is 5.75 Å². The van der Waals surface area contributed by atoms with E-state index in [4.69, 9.17) is 16.3 Å². The Morgan fingerprint density at radius 3 is 2.69 bits per heavy atom. The van der Waals surface area contributed by atoms with Gasteiger partial charge in [-0.25, -0.2) is 0 Å². The molecule has 0 radical (unpaired) electrons. The molecule has 1 amide bonds. The molecule has 0 aliphatic carbocycles. The maximum atomic E-state index is 12.4. The Kier molecular flexibility index (Phi) is 4.85. The van der Waals surface area contributed by atoms with Crippen molar-refractivity contribution >= 4 is 28.4 Å². The number of carbonyl (C=O) groups excluding carboxylic acids is 1. The molecule has 4 nitrogen and oxygen atoms in total. The number of amides is 1. The van der Waals surface area contributed by atoms with Crippen LogP contribution in [0.4, 0.5) is 0 Å². The van der Waals surface area contributed by atoms with Crippen molar-refractivity contribution in [2.75, 3.05) is 19.7 Å². The number of H-pyrrole nitrogens is 1. The van der Waals surface area contributed by atoms with E-state index in [1.807, 2.05) is 53.4 Å². The van der Waals surface area contributed by atoms with Crippen LogP contribution in [0.15, 0.2) is 54.7 Å². The first-order chi connectivity index (χ1) is 12.7. The van der Waals surface area contributed by atoms with Crippen LogP contribution in [-0.4, -0.2) is 35.5 Å². The van der Waals surface area contributed by atoms with Gasteiger partial charge in [0.05, 0.1) is 0 Å². The fourth-order valence-electron chi connectivity index (χ4n) is 3.65. The number of aromatic nitrogens is 1. The monoisotopic (exact) mass is 368 g/mol. The lowest BCUT2D eigenvalue weighted by molar-refractivity contribution is -0.134. The minimum absolute atomic E-state index is 0.0503. The number of piperidine rings is 1. The summed E-state index contributed by atoms with van der Waals surface area (Å²) in [4.78, 5) is 17.6. The fraction of sp³-hybridized carbons (Fsp3) is 0.286. The highest BCUT2D eigenvalue weighted by molar-refractivity contribution is 6.31. The molecular formula is C21H21ClN2O2. The molecule has 0 unspecified atom stereocenters. The maximum absolute atomic E-state index is 12.4. The van der Waals surface area contributed by atoms with E-state index in [2.05, 4.69) is 11.2 Å². The van der Waals surface area contributed by atoms with Gasteiger partial charge in [0, 0.05) is 35.2 Å². The molecule has 1 N–H and O–H groups in total. The second-order valence-electron chi connectivity index (χ2n) is 6.69. The first-order valence-electron chi connectivity index (χ1n) is 8.93. The van der Waals surface area contributed by atoms with Gasteiger partial charge in [0.1, 0.15) is 5.75 Å². The second kappa shape index (κ2) is 7.42. The summed E-state index contributed by atoms with van der Waals surface area (Å²) >= 11 is 6.16. The zero-order valence-electron chi connectivity index (χ0n) is 14.5. The van der Waals surface area contributed by atoms with Gasteiger partial charge >= 0.3 is 0 Å². The Balaban J connectivity index is 1.36. The van der Waals surface area contributed by atoms with Crippen molar-refractivity contribution in [1.82, 2.24) is 9.88 Å². The van der Waals surface area contributed by atoms with E-state index in [0.29, 0.717) is 5.92 Å². The molecule has 1 fully saturated rings. The van der Waals surface area contributed by atoms with Crippen LogP contribution in [0, 0.1) is 0 Å². The van der Waals surface area contributed by atoms with E-state index >= 15 is 0 Å². The SMILES string of the molecule is O=C(COc1ccccc1)N1CCC(c2c[nH]c3ccc(Cl)cc23)CC1. The summed E-state index contributed by atoms with van der Waals surface area (Å²) in [6, 6.07) is 15.4. The lowest BCUT2D eigenvalue weighted by Crippen LogP contribution is -2.40. The van der Waals surface area contributed by atoms with E-state index in [1.54, 1.807) is 0 Å². The van der Waals surface area contributed by atoms with Gasteiger partial charge in [-0.2, -0.15) is 0 Å². The van der Waals surface area contributed by atoms with Crippen molar-refractivity contribution in [1.29, 1.82) is 0 Å². The highest BCUT2D eigenvalue weighted by Gasteiger charge is 2.25. The number of hydrogen-bond acceptors (Lipinski definition) is 2. The van der Waals surface area contributed by atoms with E-state index < -0.39 is 0 Å². The molecule has 0 atom stereocenters. The van der Waals surface area contributed by atoms with E-state index in [1.165, 1.54) is 10.9 Å². The van der Waals surface area contributed by atoms with Crippen LogP contribution in [-0.2, 0) is 4.79 Å². The number of fused-ring (bicyclic) bond motifs is 1. The highest BCUT2D eigenvalue weighted by atomic mass is 35.5. The first-order valence-corrected chi connectivity index (χ1v) is 9.30. The first kappa shape index (κ1) is 17.0. The Hall–Kier alpha value is -2.46. The highest BCUT2D eigenvalue weighted by Crippen LogP contribution is 2.34. The number of benzene rings is 2. The molecule has 0 spiro atoms. The van der Waals surface area contributed by atoms with Crippen LogP contribution in [0.3, 0.4) is 0 Å². The zero-order chi connectivity index (χ0) is 17.9. The molecule has 1 aromatic heterocycles. The van der Waals surface area contributed by atoms with Crippen molar-refractivity contribution in [3.05, 3.63) is 65.3 Å². The molecular weight excluding hydrogens is 348 g/mol. The van der Waals surface area contributed by atoms with Gasteiger partial charge in [0.25, 0.3) is 5.91 Å². The number of likely N-dealkylation sites (tertiary alicyclic amines) is 1. The summed E-state index contributed by atoms with van der Waals surface area (Å²) in [6.07, 6.45) is 3.99. The number of nitrogens with zero attached hydrogens (tertiary/aromatic N) is 1. The average Bonchev–Trinajstić information content (AvgIpc) is 3.10. The molecule has 4 rings (SSSR count). The summed E-state index contributed by atoms with van der Waals surface area (Å²) in [7, 11) is 0. The smallest absolute Gasteiger partial charge is 0.260 e. The minimum Gasteiger partial charge on any atom is -0.484 e. The molecule has 0 bridgehead atoms. The molecule has 2 aromatic carbocycles. The molecule has 134 valence electrons. The Bertz CT molecular complexity index is 899. The van der Waals surface area contributed by atoms with Crippen LogP contribution >= 0.6 is 11.6 Å². The molecule has 0 saturated carbocycles. The molecule has 26 heavy (non-hydrogen) atoms. The van der Waals surface area contributed by atoms with Gasteiger partial charge in [-0.3, -0.25) is 4.79 Å². The van der Waals surface area contributed by atoms with Crippen molar-refractivity contribution in [3.63, 3.8) is 0 Å². The van der Waals surface area contributed by atoms with Crippen molar-refractivity contribution in [2.45, 2.75) is 18.8 Å². The molecule has 2 heterocycles. The van der Waals surface area contributed by atoms with Gasteiger partial charge in [-0.05, 0) is 54.7 Å². The third-order valence-corrected chi connectivity index (χ3v) is 5.30. The zero-order valence-corrected chi connectivity index (χ0v) is 15.2. The standard InChI is InChI=1S/C21H21ClN2O2/c22-16-6-7-20-18(12-16)19(13-23-20)15-8-10-24(11-9-15)21(25)14-26-17-4-2-1-3-5-17/h1-7,12-13,15,23H,8-11,14H2. The van der Waals surface area contributed by atoms with Gasteiger partial charge in [0.2, 0.25) is 0 Å². The number of rotatable bonds is 4. The average molecular weight is 369 g/mol. The van der Waals surface area contributed by atoms with E-state index in [9.17, 15) is 4.79 Å². The predicted molar refractivity (Wildman–Crippen MR) is 104 cm³/mol. The normalized spacial score (nSPS) is 15.3. The lowest BCUT2D eigenvalue weighted by Gasteiger charge is -2.32. The number of nitrogens with one attached hydrogen (secondary N) is 1. The maximum Gasteiger partial charge on any atom is 0.260 e. The van der Waals surface area contributed by atoms with Crippen LogP contribution in [0.5, 0.6) is 5.75 Å². The molecule has 1 aliphatic rings. The van der Waals surface area contributed by atoms with Gasteiger partial charge < -0.3 is 14.6 Å². The Labute approximate surface area is 157 Å². The van der Waals surface area contributed by atoms with Crippen LogP contribution < -0.4 is 4.74 Å². The molecule has 5 heteroatoms. The van der Waals surface area contributed by atoms with E-state index in [-0.39, 0.29) is 12.5 Å². The number of aromatic amines is 1. The summed E-state index contributed by atoms with van der Waals surface area (Å²) in [5.41, 5.74) is 2.41. The third kappa shape index (κ3) is 3.56. The number of carbonyl (C=O) groups is 1. The fourth-order valence-corrected chi connectivity index (χ4v) is 3.82. The number of para-hydroxylation sites is 1. The Morgan fingerprint density at radius 2 is 1.92 bits per heavy atom. The number of halogens is 1. The summed E-state index contributed by atoms with van der Waals surface area (Å²) < 4.78 is 5.58. The predicted octanol–water partition coefficient (Wildman–Crippen LogP) is 4.61. The minimum atomic E-state index is 0.0503. The number of ether oxygens (including phenoxy) is 1. The Morgan fingerprint density at radius 1 is 1.15 bits per heavy atom. The van der Waals surface area contributed by atoms with Crippen molar-refractivity contribution < 1.29 is 9.53 Å².